The Kier molecular flexibility index (Phi) is 4.71. The highest BCUT2D eigenvalue weighted by Gasteiger charge is 2.20. The van der Waals surface area contributed by atoms with E-state index in [1.54, 1.807) is 0 Å². The number of anilines is 1. The summed E-state index contributed by atoms with van der Waals surface area (Å²) in [5, 5.41) is 0.846. The Hall–Kier alpha value is -0.770. The van der Waals surface area contributed by atoms with Crippen LogP contribution in [0.15, 0.2) is 24.3 Å². The number of halogens is 1. The average Bonchev–Trinajstić information content (AvgIpc) is 2.37. The number of para-hydroxylation sites is 1. The van der Waals surface area contributed by atoms with Gasteiger partial charge in [0.1, 0.15) is 0 Å². The molecule has 0 atom stereocenters. The summed E-state index contributed by atoms with van der Waals surface area (Å²) in [5.41, 5.74) is 7.12. The summed E-state index contributed by atoms with van der Waals surface area (Å²) in [7, 11) is 0. The Bertz CT molecular complexity index is 406. The maximum atomic E-state index is 6.24. The van der Waals surface area contributed by atoms with Crippen molar-refractivity contribution in [3.05, 3.63) is 29.3 Å². The zero-order valence-electron chi connectivity index (χ0n) is 11.9. The van der Waals surface area contributed by atoms with Crippen molar-refractivity contribution in [2.24, 2.45) is 5.73 Å². The van der Waals surface area contributed by atoms with Gasteiger partial charge in [0.2, 0.25) is 0 Å². The van der Waals surface area contributed by atoms with E-state index in [2.05, 4.69) is 29.7 Å². The summed E-state index contributed by atoms with van der Waals surface area (Å²) in [4.78, 5) is 4.86. The molecule has 4 heteroatoms. The molecule has 0 spiro atoms. The van der Waals surface area contributed by atoms with Crippen LogP contribution >= 0.6 is 11.6 Å². The van der Waals surface area contributed by atoms with Crippen molar-refractivity contribution in [1.29, 1.82) is 0 Å². The normalized spacial score (nSPS) is 17.8. The highest BCUT2D eigenvalue weighted by molar-refractivity contribution is 6.33. The van der Waals surface area contributed by atoms with E-state index in [4.69, 9.17) is 17.3 Å². The molecule has 19 heavy (non-hydrogen) atoms. The molecule has 1 saturated heterocycles. The fourth-order valence-corrected chi connectivity index (χ4v) is 2.62. The largest absolute Gasteiger partial charge is 0.368 e. The molecule has 0 unspecified atom stereocenters. The molecule has 1 aromatic rings. The van der Waals surface area contributed by atoms with Crippen molar-refractivity contribution in [1.82, 2.24) is 4.90 Å². The standard InChI is InChI=1S/C15H24ClN3/c1-15(2,17)7-8-18-9-11-19(12-10-18)14-6-4-3-5-13(14)16/h3-6H,7-12,17H2,1-2H3. The first-order valence-corrected chi connectivity index (χ1v) is 7.34. The van der Waals surface area contributed by atoms with Gasteiger partial charge >= 0.3 is 0 Å². The van der Waals surface area contributed by atoms with Gasteiger partial charge in [-0.1, -0.05) is 23.7 Å². The monoisotopic (exact) mass is 281 g/mol. The predicted molar refractivity (Wildman–Crippen MR) is 83.0 cm³/mol. The van der Waals surface area contributed by atoms with Gasteiger partial charge in [-0.3, -0.25) is 4.90 Å². The predicted octanol–water partition coefficient (Wildman–Crippen LogP) is 2.59. The lowest BCUT2D eigenvalue weighted by molar-refractivity contribution is 0.236. The van der Waals surface area contributed by atoms with E-state index in [-0.39, 0.29) is 5.54 Å². The molecule has 0 bridgehead atoms. The Morgan fingerprint density at radius 3 is 2.37 bits per heavy atom. The van der Waals surface area contributed by atoms with Crippen LogP contribution in [0.1, 0.15) is 20.3 Å². The lowest BCUT2D eigenvalue weighted by Gasteiger charge is -2.37. The third kappa shape index (κ3) is 4.37. The lowest BCUT2D eigenvalue weighted by atomic mass is 10.0. The van der Waals surface area contributed by atoms with Crippen LogP contribution in [0.5, 0.6) is 0 Å². The number of hydrogen-bond acceptors (Lipinski definition) is 3. The Morgan fingerprint density at radius 1 is 1.16 bits per heavy atom. The van der Waals surface area contributed by atoms with Crippen molar-refractivity contribution >= 4 is 17.3 Å². The van der Waals surface area contributed by atoms with E-state index in [0.29, 0.717) is 0 Å². The number of benzene rings is 1. The summed E-state index contributed by atoms with van der Waals surface area (Å²) >= 11 is 6.24. The Balaban J connectivity index is 1.84. The van der Waals surface area contributed by atoms with Gasteiger partial charge in [-0.25, -0.2) is 0 Å². The smallest absolute Gasteiger partial charge is 0.0639 e. The van der Waals surface area contributed by atoms with Crippen LogP contribution in [0.4, 0.5) is 5.69 Å². The van der Waals surface area contributed by atoms with Crippen molar-refractivity contribution in [2.45, 2.75) is 25.8 Å². The van der Waals surface area contributed by atoms with Gasteiger partial charge in [-0.15, -0.1) is 0 Å². The fourth-order valence-electron chi connectivity index (χ4n) is 2.37. The molecule has 1 fully saturated rings. The first kappa shape index (κ1) is 14.6. The third-order valence-electron chi connectivity index (χ3n) is 3.64. The van der Waals surface area contributed by atoms with Crippen molar-refractivity contribution in [3.63, 3.8) is 0 Å². The summed E-state index contributed by atoms with van der Waals surface area (Å²) in [6.45, 7) is 9.51. The maximum absolute atomic E-state index is 6.24. The van der Waals surface area contributed by atoms with Crippen LogP contribution in [-0.2, 0) is 0 Å². The van der Waals surface area contributed by atoms with Gasteiger partial charge in [0.15, 0.2) is 0 Å². The van der Waals surface area contributed by atoms with Gasteiger partial charge in [-0.05, 0) is 32.4 Å². The third-order valence-corrected chi connectivity index (χ3v) is 3.96. The summed E-state index contributed by atoms with van der Waals surface area (Å²) in [6.07, 6.45) is 1.04. The van der Waals surface area contributed by atoms with Gasteiger partial charge in [0.05, 0.1) is 10.7 Å². The maximum Gasteiger partial charge on any atom is 0.0639 e. The second-order valence-corrected chi connectivity index (χ2v) is 6.43. The van der Waals surface area contributed by atoms with E-state index in [9.17, 15) is 0 Å². The molecule has 3 nitrogen and oxygen atoms in total. The molecule has 0 aliphatic carbocycles. The highest BCUT2D eigenvalue weighted by atomic mass is 35.5. The van der Waals surface area contributed by atoms with Gasteiger partial charge in [0, 0.05) is 38.3 Å². The zero-order valence-corrected chi connectivity index (χ0v) is 12.7. The quantitative estimate of drug-likeness (QED) is 0.921. The van der Waals surface area contributed by atoms with Gasteiger partial charge < -0.3 is 10.6 Å². The SMILES string of the molecule is CC(C)(N)CCN1CCN(c2ccccc2Cl)CC1. The molecule has 0 aromatic heterocycles. The Labute approximate surface area is 121 Å². The minimum Gasteiger partial charge on any atom is -0.368 e. The van der Waals surface area contributed by atoms with Crippen molar-refractivity contribution in [2.75, 3.05) is 37.6 Å². The van der Waals surface area contributed by atoms with Crippen LogP contribution in [0, 0.1) is 0 Å². The number of nitrogens with two attached hydrogens (primary N) is 1. The summed E-state index contributed by atoms with van der Waals surface area (Å²) in [5.74, 6) is 0. The summed E-state index contributed by atoms with van der Waals surface area (Å²) in [6, 6.07) is 8.08. The van der Waals surface area contributed by atoms with Crippen molar-refractivity contribution in [3.8, 4) is 0 Å². The minimum absolute atomic E-state index is 0.0696. The fraction of sp³-hybridized carbons (Fsp3) is 0.600. The molecular weight excluding hydrogens is 258 g/mol. The molecule has 0 radical (unpaired) electrons. The second kappa shape index (κ2) is 6.12. The van der Waals surface area contributed by atoms with Crippen LogP contribution in [-0.4, -0.2) is 43.2 Å². The molecule has 1 aliphatic rings. The average molecular weight is 282 g/mol. The van der Waals surface area contributed by atoms with Crippen LogP contribution < -0.4 is 10.6 Å². The lowest BCUT2D eigenvalue weighted by Crippen LogP contribution is -2.48. The number of nitrogens with zero attached hydrogens (tertiary/aromatic N) is 2. The van der Waals surface area contributed by atoms with E-state index in [1.165, 1.54) is 0 Å². The minimum atomic E-state index is -0.0696. The zero-order chi connectivity index (χ0) is 13.9. The molecule has 0 saturated carbocycles. The van der Waals surface area contributed by atoms with Gasteiger partial charge in [0.25, 0.3) is 0 Å². The van der Waals surface area contributed by atoms with E-state index in [1.807, 2.05) is 18.2 Å². The molecular formula is C15H24ClN3. The first-order chi connectivity index (χ1) is 8.96. The first-order valence-electron chi connectivity index (χ1n) is 6.96. The number of hydrogen-bond donors (Lipinski definition) is 1. The van der Waals surface area contributed by atoms with Crippen LogP contribution in [0.25, 0.3) is 0 Å². The highest BCUT2D eigenvalue weighted by Crippen LogP contribution is 2.26. The molecule has 1 aromatic carbocycles. The van der Waals surface area contributed by atoms with Crippen LogP contribution in [0.3, 0.4) is 0 Å². The molecule has 0 amide bonds. The number of rotatable bonds is 4. The number of piperazine rings is 1. The molecule has 106 valence electrons. The topological polar surface area (TPSA) is 32.5 Å². The van der Waals surface area contributed by atoms with E-state index >= 15 is 0 Å². The molecule has 1 heterocycles. The van der Waals surface area contributed by atoms with Crippen LogP contribution in [0.2, 0.25) is 5.02 Å². The van der Waals surface area contributed by atoms with E-state index < -0.39 is 0 Å². The van der Waals surface area contributed by atoms with Crippen molar-refractivity contribution < 1.29 is 0 Å². The second-order valence-electron chi connectivity index (χ2n) is 6.02. The van der Waals surface area contributed by atoms with E-state index in [0.717, 1.165) is 49.9 Å². The Morgan fingerprint density at radius 2 is 1.79 bits per heavy atom. The molecule has 2 N–H and O–H groups in total. The molecule has 1 aliphatic heterocycles. The summed E-state index contributed by atoms with van der Waals surface area (Å²) < 4.78 is 0. The van der Waals surface area contributed by atoms with Gasteiger partial charge in [-0.2, -0.15) is 0 Å². The molecule has 2 rings (SSSR count).